The number of benzene rings is 8. The second-order valence-corrected chi connectivity index (χ2v) is 41.1. The first-order chi connectivity index (χ1) is 63.2. The number of hydrogen-bond acceptors (Lipinski definition) is 12. The topological polar surface area (TPSA) is 216 Å². The molecule has 672 valence electrons. The maximum Gasteiger partial charge on any atom is 0.251 e. The molecule has 8 aromatic carbocycles. The van der Waals surface area contributed by atoms with Crippen molar-refractivity contribution in [2.24, 2.45) is 29.6 Å². The number of aryl methyl sites for hydroxylation is 5. The molecule has 5 spiro atoms. The molecule has 0 saturated heterocycles. The molecule has 5 aliphatic heterocycles. The molecule has 17 heteroatoms. The molecular weight excluding hydrogens is 1610 g/mol. The molecule has 24 rings (SSSR count). The van der Waals surface area contributed by atoms with E-state index in [4.69, 9.17) is 43.6 Å². The van der Waals surface area contributed by atoms with Crippen molar-refractivity contribution < 1.29 is 28.5 Å². The summed E-state index contributed by atoms with van der Waals surface area (Å²) in [5, 5.41) is 3.21. The van der Waals surface area contributed by atoms with Crippen molar-refractivity contribution >= 4 is 50.3 Å². The monoisotopic (exact) mass is 1740 g/mol. The quantitative estimate of drug-likeness (QED) is 0.0818. The molecule has 0 bridgehead atoms. The predicted octanol–water partition coefficient (Wildman–Crippen LogP) is 25.4. The van der Waals surface area contributed by atoms with E-state index in [1.54, 1.807) is 0 Å². The van der Waals surface area contributed by atoms with E-state index in [0.29, 0.717) is 53.3 Å². The maximum atomic E-state index is 12.5. The number of carbonyl (C=O) groups excluding carboxylic acids is 1. The summed E-state index contributed by atoms with van der Waals surface area (Å²) in [5.74, 6) is 15.0. The fourth-order valence-electron chi connectivity index (χ4n) is 24.4. The number of hydrogen-bond donors (Lipinski definition) is 5. The third kappa shape index (κ3) is 17.1. The van der Waals surface area contributed by atoms with Gasteiger partial charge in [-0.3, -0.25) is 4.79 Å². The summed E-state index contributed by atoms with van der Waals surface area (Å²) in [6, 6.07) is 68.1. The fraction of sp³-hybridized carbons (Fsp3) is 0.442. The van der Waals surface area contributed by atoms with Crippen molar-refractivity contribution in [3.05, 3.63) is 291 Å². The highest BCUT2D eigenvalue weighted by Crippen LogP contribution is 2.57. The van der Waals surface area contributed by atoms with Crippen LogP contribution in [-0.2, 0) is 27.1 Å². The van der Waals surface area contributed by atoms with Gasteiger partial charge in [-0.25, -0.2) is 29.9 Å². The Balaban J connectivity index is 0.000000102. The number of aromatic nitrogens is 10. The highest BCUT2D eigenvalue weighted by molar-refractivity contribution is 5.94. The third-order valence-electron chi connectivity index (χ3n) is 33.0. The normalized spacial score (nSPS) is 25.9. The molecule has 2 unspecified atom stereocenters. The van der Waals surface area contributed by atoms with E-state index in [9.17, 15) is 4.79 Å². The van der Waals surface area contributed by atoms with Crippen LogP contribution in [0, 0.1) is 64.2 Å². The number of pyridine rings is 2. The SMILES string of the molecule is Cc1ccc(C(=O)NC(C)C2CCC3(CC2)COc2ccccc23)cc1.Cc1ccc2nc([C@@H](C)C3CCC4(CC3)COc3ccccc34)[nH]c2c1.Cc1ccc2nc([C@H](C)C3CCC4(CC3)COc3ccccc34)[nH]c2c1.Cc1cnc2nc(C(C)C3CCC4(CC3)COc3ccccc34)[nH]c2c1.Cc1cnc2nc([C@H](C)C3CCC4(CC3)COc3ccccc34)[nH]c2c1. The predicted molar refractivity (Wildman–Crippen MR) is 519 cm³/mol. The van der Waals surface area contributed by atoms with Gasteiger partial charge >= 0.3 is 0 Å². The van der Waals surface area contributed by atoms with Gasteiger partial charge < -0.3 is 48.9 Å². The van der Waals surface area contributed by atoms with E-state index in [-0.39, 0.29) is 39.0 Å². The molecule has 11 heterocycles. The van der Waals surface area contributed by atoms with Crippen LogP contribution in [0.4, 0.5) is 0 Å². The number of fused-ring (bicyclic) bond motifs is 14. The van der Waals surface area contributed by atoms with Gasteiger partial charge in [-0.15, -0.1) is 0 Å². The standard InChI is InChI=1S/2C23H26N2O.C23H27NO2.2C22H25N3O/c2*1-15-7-8-19-20(13-15)25-22(24-19)16(2)17-9-11-23(12-10-17)14-26-21-6-4-3-5-18(21)23;1-16-7-9-19(10-8-16)22(25)24-17(2)18-11-13-23(14-12-18)15-26-21-6-4-3-5-20(21)23;2*1-14-11-18-21(23-12-14)25-20(24-18)15(2)16-7-9-22(10-8-16)13-26-19-6-4-3-5-17(19)22/h2*3-8,13,16-17H,9-12,14H2,1-2H3,(H,24,25);3-10,17-18H,11-15H2,1-2H3,(H,24,25);2*3-6,11-12,15-16H,7-10,13H2,1-2H3,(H,23,24,25)/t2*16-,17?,23?;;15-,16?,22?;/m10.1./s1. The van der Waals surface area contributed by atoms with Crippen LogP contribution in [0.3, 0.4) is 0 Å². The molecule has 5 fully saturated rings. The first-order valence-electron chi connectivity index (χ1n) is 48.7. The summed E-state index contributed by atoms with van der Waals surface area (Å²) in [4.78, 5) is 54.8. The number of aromatic amines is 4. The van der Waals surface area contributed by atoms with E-state index in [0.717, 1.165) is 161 Å². The van der Waals surface area contributed by atoms with Gasteiger partial charge in [0.25, 0.3) is 5.91 Å². The van der Waals surface area contributed by atoms with Gasteiger partial charge in [0.15, 0.2) is 11.3 Å². The molecule has 130 heavy (non-hydrogen) atoms. The Morgan fingerprint density at radius 1 is 0.315 bits per heavy atom. The van der Waals surface area contributed by atoms with Gasteiger partial charge in [0.2, 0.25) is 0 Å². The number of nitrogens with one attached hydrogen (secondary N) is 5. The van der Waals surface area contributed by atoms with Gasteiger partial charge in [0, 0.05) is 103 Å². The summed E-state index contributed by atoms with van der Waals surface area (Å²) in [5.41, 5.74) is 23.3. The lowest BCUT2D eigenvalue weighted by molar-refractivity contribution is 0.0905. The van der Waals surface area contributed by atoms with Crippen molar-refractivity contribution in [2.75, 3.05) is 33.0 Å². The van der Waals surface area contributed by atoms with Crippen molar-refractivity contribution in [1.82, 2.24) is 55.2 Å². The average Bonchev–Trinajstić information content (AvgIpc) is 1.62. The van der Waals surface area contributed by atoms with Gasteiger partial charge in [-0.1, -0.05) is 149 Å². The Morgan fingerprint density at radius 3 is 0.885 bits per heavy atom. The number of rotatable bonds is 11. The molecule has 10 aliphatic rings. The molecule has 1 amide bonds. The molecule has 5 saturated carbocycles. The molecule has 5 N–H and O–H groups in total. The summed E-state index contributed by atoms with van der Waals surface area (Å²) in [7, 11) is 0. The largest absolute Gasteiger partial charge is 0.492 e. The summed E-state index contributed by atoms with van der Waals surface area (Å²) in [6.45, 7) is 26.1. The van der Waals surface area contributed by atoms with E-state index >= 15 is 0 Å². The Labute approximate surface area is 766 Å². The van der Waals surface area contributed by atoms with Crippen LogP contribution in [-0.4, -0.2) is 94.8 Å². The number of para-hydroxylation sites is 5. The zero-order chi connectivity index (χ0) is 89.0. The van der Waals surface area contributed by atoms with Crippen LogP contribution >= 0.6 is 0 Å². The lowest BCUT2D eigenvalue weighted by atomic mass is 9.65. The molecule has 6 aromatic heterocycles. The summed E-state index contributed by atoms with van der Waals surface area (Å²) < 4.78 is 30.0. The molecule has 14 aromatic rings. The maximum absolute atomic E-state index is 12.5. The minimum absolute atomic E-state index is 0.0346. The van der Waals surface area contributed by atoms with Crippen LogP contribution in [0.2, 0.25) is 0 Å². The average molecular weight is 1740 g/mol. The molecule has 5 atom stereocenters. The highest BCUT2D eigenvalue weighted by atomic mass is 16.5. The lowest BCUT2D eigenvalue weighted by Crippen LogP contribution is -2.42. The number of imidazole rings is 4. The smallest absolute Gasteiger partial charge is 0.251 e. The van der Waals surface area contributed by atoms with Gasteiger partial charge in [-0.05, 0) is 301 Å². The first-order valence-corrected chi connectivity index (χ1v) is 48.7. The van der Waals surface area contributed by atoms with Crippen LogP contribution in [0.15, 0.2) is 207 Å². The van der Waals surface area contributed by atoms with Crippen molar-refractivity contribution in [3.63, 3.8) is 0 Å². The molecule has 0 radical (unpaired) electrons. The number of ether oxygens (including phenoxy) is 5. The van der Waals surface area contributed by atoms with Gasteiger partial charge in [0.05, 0.1) is 66.1 Å². The van der Waals surface area contributed by atoms with Crippen LogP contribution in [0.25, 0.3) is 44.4 Å². The third-order valence-corrected chi connectivity index (χ3v) is 33.0. The Morgan fingerprint density at radius 2 is 0.577 bits per heavy atom. The highest BCUT2D eigenvalue weighted by Gasteiger charge is 2.50. The van der Waals surface area contributed by atoms with E-state index in [1.807, 2.05) is 49.6 Å². The zero-order valence-corrected chi connectivity index (χ0v) is 77.7. The van der Waals surface area contributed by atoms with Crippen LogP contribution in [0.5, 0.6) is 28.7 Å². The number of nitrogens with zero attached hydrogens (tertiary/aromatic N) is 6. The second kappa shape index (κ2) is 35.9. The Bertz CT molecular complexity index is 5740. The van der Waals surface area contributed by atoms with E-state index in [1.165, 1.54) is 158 Å². The lowest BCUT2D eigenvalue weighted by Gasteiger charge is -2.38. The summed E-state index contributed by atoms with van der Waals surface area (Å²) >= 11 is 0. The van der Waals surface area contributed by atoms with E-state index < -0.39 is 0 Å². The van der Waals surface area contributed by atoms with Crippen molar-refractivity contribution in [2.45, 2.75) is 254 Å². The minimum Gasteiger partial charge on any atom is -0.492 e. The van der Waals surface area contributed by atoms with Crippen LogP contribution < -0.4 is 29.0 Å². The van der Waals surface area contributed by atoms with Gasteiger partial charge in [-0.2, -0.15) is 0 Å². The fourth-order valence-corrected chi connectivity index (χ4v) is 24.4. The second-order valence-electron chi connectivity index (χ2n) is 41.1. The van der Waals surface area contributed by atoms with Crippen LogP contribution in [0.1, 0.15) is 276 Å². The Kier molecular flexibility index (Phi) is 23.9. The summed E-state index contributed by atoms with van der Waals surface area (Å²) in [6.07, 6.45) is 27.9. The van der Waals surface area contributed by atoms with Crippen molar-refractivity contribution in [1.29, 1.82) is 0 Å². The molecular formula is C113H129N11O6. The van der Waals surface area contributed by atoms with Crippen molar-refractivity contribution in [3.8, 4) is 28.7 Å². The van der Waals surface area contributed by atoms with Gasteiger partial charge in [0.1, 0.15) is 52.0 Å². The Hall–Kier alpha value is -11.6. The molecule has 5 aliphatic carbocycles. The molecule has 17 nitrogen and oxygen atoms in total. The first kappa shape index (κ1) is 86.4. The zero-order valence-electron chi connectivity index (χ0n) is 77.7. The number of carbonyl (C=O) groups is 1. The number of amides is 1. The van der Waals surface area contributed by atoms with E-state index in [2.05, 4.69) is 261 Å². The number of H-pyrrole nitrogens is 4. The minimum atomic E-state index is 0.0346.